The number of thiophene rings is 1. The third-order valence-corrected chi connectivity index (χ3v) is 6.02. The zero-order valence-corrected chi connectivity index (χ0v) is 17.4. The van der Waals surface area contributed by atoms with E-state index < -0.39 is 0 Å². The number of carbonyl (C=O) groups excluding carboxylic acids is 1. The van der Waals surface area contributed by atoms with Gasteiger partial charge < -0.3 is 14.6 Å². The second kappa shape index (κ2) is 10.0. The molecule has 0 bridgehead atoms. The summed E-state index contributed by atoms with van der Waals surface area (Å²) < 4.78 is 7.52. The van der Waals surface area contributed by atoms with Crippen LogP contribution in [-0.4, -0.2) is 50.8 Å². The lowest BCUT2D eigenvalue weighted by Crippen LogP contribution is -2.48. The van der Waals surface area contributed by atoms with Gasteiger partial charge in [0.25, 0.3) is 0 Å². The van der Waals surface area contributed by atoms with Crippen molar-refractivity contribution >= 4 is 46.3 Å². The zero-order chi connectivity index (χ0) is 19.1. The summed E-state index contributed by atoms with van der Waals surface area (Å²) in [5, 5.41) is 14.6. The fourth-order valence-electron chi connectivity index (χ4n) is 2.62. The van der Waals surface area contributed by atoms with Gasteiger partial charge in [0.2, 0.25) is 5.91 Å². The maximum atomic E-state index is 12.1. The van der Waals surface area contributed by atoms with Crippen molar-refractivity contribution in [3.63, 3.8) is 0 Å². The minimum absolute atomic E-state index is 0.189. The van der Waals surface area contributed by atoms with E-state index in [1.54, 1.807) is 11.3 Å². The summed E-state index contributed by atoms with van der Waals surface area (Å²) in [6, 6.07) is 3.99. The molecule has 2 aromatic rings. The largest absolute Gasteiger partial charge is 0.376 e. The maximum Gasteiger partial charge on any atom is 0.248 e. The number of nitrogens with one attached hydrogen (secondary N) is 3. The van der Waals surface area contributed by atoms with Gasteiger partial charge in [0, 0.05) is 19.7 Å². The van der Waals surface area contributed by atoms with Gasteiger partial charge in [0.05, 0.1) is 16.7 Å². The highest BCUT2D eigenvalue weighted by atomic mass is 32.2. The number of aromatic nitrogens is 3. The summed E-state index contributed by atoms with van der Waals surface area (Å²) in [5.74, 6) is 0.849. The number of thioether (sulfide) groups is 1. The normalized spacial score (nSPS) is 16.3. The first-order valence-corrected chi connectivity index (χ1v) is 11.0. The predicted molar refractivity (Wildman–Crippen MR) is 111 cm³/mol. The van der Waals surface area contributed by atoms with Gasteiger partial charge in [-0.25, -0.2) is 0 Å². The average molecular weight is 427 g/mol. The van der Waals surface area contributed by atoms with Crippen molar-refractivity contribution in [2.45, 2.75) is 37.6 Å². The smallest absolute Gasteiger partial charge is 0.248 e. The Morgan fingerprint density at radius 2 is 2.37 bits per heavy atom. The topological polar surface area (TPSA) is 93.1 Å². The van der Waals surface area contributed by atoms with Crippen LogP contribution >= 0.6 is 35.3 Å². The third-order valence-electron chi connectivity index (χ3n) is 3.94. The summed E-state index contributed by atoms with van der Waals surface area (Å²) in [7, 11) is 0. The molecule has 1 atom stereocenters. The zero-order valence-electron chi connectivity index (χ0n) is 14.9. The Morgan fingerprint density at radius 1 is 1.48 bits per heavy atom. The van der Waals surface area contributed by atoms with Crippen molar-refractivity contribution in [2.24, 2.45) is 0 Å². The molecule has 1 saturated heterocycles. The molecule has 1 aliphatic rings. The Kier molecular flexibility index (Phi) is 7.44. The van der Waals surface area contributed by atoms with E-state index >= 15 is 0 Å². The molecule has 11 heteroatoms. The first-order valence-electron chi connectivity index (χ1n) is 8.71. The minimum atomic E-state index is -0.190. The van der Waals surface area contributed by atoms with Gasteiger partial charge in [-0.15, -0.1) is 21.5 Å². The van der Waals surface area contributed by atoms with Crippen LogP contribution in [0.3, 0.4) is 0 Å². The Bertz CT molecular complexity index is 758. The first-order chi connectivity index (χ1) is 13.2. The average Bonchev–Trinajstić information content (AvgIpc) is 3.43. The molecule has 27 heavy (non-hydrogen) atoms. The van der Waals surface area contributed by atoms with Crippen LogP contribution in [0.2, 0.25) is 0 Å². The molecular weight excluding hydrogens is 404 g/mol. The van der Waals surface area contributed by atoms with Crippen LogP contribution in [-0.2, 0) is 16.1 Å². The quantitative estimate of drug-likeness (QED) is 0.351. The van der Waals surface area contributed by atoms with Crippen molar-refractivity contribution in [3.8, 4) is 10.7 Å². The fourth-order valence-corrected chi connectivity index (χ4v) is 4.27. The molecule has 1 amide bonds. The molecule has 0 radical (unpaired) electrons. The van der Waals surface area contributed by atoms with Crippen LogP contribution in [0.4, 0.5) is 0 Å². The molecule has 3 heterocycles. The van der Waals surface area contributed by atoms with E-state index in [1.807, 2.05) is 29.0 Å². The lowest BCUT2D eigenvalue weighted by molar-refractivity contribution is -0.119. The summed E-state index contributed by atoms with van der Waals surface area (Å²) in [6.07, 6.45) is 2.30. The second-order valence-corrected chi connectivity index (χ2v) is 8.13. The van der Waals surface area contributed by atoms with E-state index in [-0.39, 0.29) is 17.8 Å². The predicted octanol–water partition coefficient (Wildman–Crippen LogP) is 1.79. The van der Waals surface area contributed by atoms with E-state index in [2.05, 4.69) is 26.4 Å². The highest BCUT2D eigenvalue weighted by Gasteiger charge is 2.16. The van der Waals surface area contributed by atoms with Gasteiger partial charge >= 0.3 is 0 Å². The Morgan fingerprint density at radius 3 is 3.07 bits per heavy atom. The SMILES string of the molecule is CCn1c(SCC(=O)NNC(=S)NCC2CCCO2)nnc1-c1cccs1. The first kappa shape index (κ1) is 20.1. The molecule has 0 saturated carbocycles. The molecule has 0 spiro atoms. The molecular formula is C16H22N6O2S3. The lowest BCUT2D eigenvalue weighted by atomic mass is 10.2. The van der Waals surface area contributed by atoms with E-state index in [9.17, 15) is 4.79 Å². The summed E-state index contributed by atoms with van der Waals surface area (Å²) in [5.41, 5.74) is 5.30. The van der Waals surface area contributed by atoms with Crippen LogP contribution < -0.4 is 16.2 Å². The van der Waals surface area contributed by atoms with Gasteiger partial charge in [-0.1, -0.05) is 17.8 Å². The number of hydrogen-bond acceptors (Lipinski definition) is 7. The molecule has 8 nitrogen and oxygen atoms in total. The van der Waals surface area contributed by atoms with Crippen molar-refractivity contribution in [1.29, 1.82) is 0 Å². The standard InChI is InChI=1S/C16H22N6O2S3/c1-2-22-14(12-6-4-8-26-12)19-21-16(22)27-10-13(23)18-20-15(25)17-9-11-5-3-7-24-11/h4,6,8,11H,2-3,5,7,9-10H2,1H3,(H,18,23)(H2,17,20,25). The minimum Gasteiger partial charge on any atom is -0.376 e. The highest BCUT2D eigenvalue weighted by Crippen LogP contribution is 2.26. The monoisotopic (exact) mass is 426 g/mol. The number of ether oxygens (including phenoxy) is 1. The number of amides is 1. The molecule has 2 aromatic heterocycles. The van der Waals surface area contributed by atoms with Gasteiger partial charge in [0.1, 0.15) is 0 Å². The van der Waals surface area contributed by atoms with Crippen LogP contribution in [0, 0.1) is 0 Å². The fraction of sp³-hybridized carbons (Fsp3) is 0.500. The van der Waals surface area contributed by atoms with E-state index in [1.165, 1.54) is 11.8 Å². The Hall–Kier alpha value is -1.69. The van der Waals surface area contributed by atoms with Gasteiger partial charge in [-0.2, -0.15) is 0 Å². The van der Waals surface area contributed by atoms with E-state index in [0.29, 0.717) is 11.7 Å². The van der Waals surface area contributed by atoms with E-state index in [4.69, 9.17) is 17.0 Å². The summed E-state index contributed by atoms with van der Waals surface area (Å²) in [4.78, 5) is 13.1. The number of hydrogen-bond donors (Lipinski definition) is 3. The van der Waals surface area contributed by atoms with Crippen LogP contribution in [0.15, 0.2) is 22.7 Å². The van der Waals surface area contributed by atoms with Crippen molar-refractivity contribution in [3.05, 3.63) is 17.5 Å². The number of thiocarbonyl (C=S) groups is 1. The van der Waals surface area contributed by atoms with Crippen LogP contribution in [0.25, 0.3) is 10.7 Å². The lowest BCUT2D eigenvalue weighted by Gasteiger charge is -2.14. The molecule has 3 rings (SSSR count). The van der Waals surface area contributed by atoms with Crippen LogP contribution in [0.5, 0.6) is 0 Å². The van der Waals surface area contributed by atoms with Crippen LogP contribution in [0.1, 0.15) is 19.8 Å². The van der Waals surface area contributed by atoms with E-state index in [0.717, 1.165) is 41.9 Å². The molecule has 1 aliphatic heterocycles. The summed E-state index contributed by atoms with van der Waals surface area (Å²) >= 11 is 8.11. The molecule has 146 valence electrons. The Balaban J connectivity index is 1.42. The number of rotatable bonds is 7. The number of nitrogens with zero attached hydrogens (tertiary/aromatic N) is 3. The maximum absolute atomic E-state index is 12.1. The molecule has 3 N–H and O–H groups in total. The Labute approximate surface area is 171 Å². The molecule has 1 fully saturated rings. The van der Waals surface area contributed by atoms with Crippen molar-refractivity contribution < 1.29 is 9.53 Å². The number of carbonyl (C=O) groups is 1. The third kappa shape index (κ3) is 5.64. The van der Waals surface area contributed by atoms with Crippen molar-refractivity contribution in [2.75, 3.05) is 18.9 Å². The molecule has 0 aliphatic carbocycles. The molecule has 0 aromatic carbocycles. The number of hydrazine groups is 1. The van der Waals surface area contributed by atoms with Crippen molar-refractivity contribution in [1.82, 2.24) is 30.9 Å². The highest BCUT2D eigenvalue weighted by molar-refractivity contribution is 7.99. The van der Waals surface area contributed by atoms with Gasteiger partial charge in [0.15, 0.2) is 16.1 Å². The van der Waals surface area contributed by atoms with Gasteiger partial charge in [-0.3, -0.25) is 15.6 Å². The van der Waals surface area contributed by atoms with Gasteiger partial charge in [-0.05, 0) is 43.4 Å². The summed E-state index contributed by atoms with van der Waals surface area (Å²) in [6.45, 7) is 4.21. The second-order valence-electron chi connectivity index (χ2n) is 5.83. The molecule has 1 unspecified atom stereocenters.